The molecule has 0 atom stereocenters. The highest BCUT2D eigenvalue weighted by Gasteiger charge is 2.27. The van der Waals surface area contributed by atoms with Gasteiger partial charge in [0.1, 0.15) is 11.5 Å². The quantitative estimate of drug-likeness (QED) is 0.790. The molecule has 0 spiro atoms. The highest BCUT2D eigenvalue weighted by molar-refractivity contribution is 6.31. The van der Waals surface area contributed by atoms with Crippen LogP contribution in [0.3, 0.4) is 0 Å². The van der Waals surface area contributed by atoms with E-state index in [1.165, 1.54) is 0 Å². The van der Waals surface area contributed by atoms with Gasteiger partial charge >= 0.3 is 0 Å². The summed E-state index contributed by atoms with van der Waals surface area (Å²) in [6, 6.07) is 12.5. The average molecular weight is 301 g/mol. The lowest BCUT2D eigenvalue weighted by Gasteiger charge is -2.03. The van der Waals surface area contributed by atoms with Gasteiger partial charge in [0.15, 0.2) is 5.76 Å². The maximum Gasteiger partial charge on any atom is 0.232 e. The highest BCUT2D eigenvalue weighted by Crippen LogP contribution is 2.33. The van der Waals surface area contributed by atoms with Crippen LogP contribution in [0.4, 0.5) is 0 Å². The lowest BCUT2D eigenvalue weighted by Crippen LogP contribution is -1.98. The molecule has 0 N–H and O–H groups in total. The summed E-state index contributed by atoms with van der Waals surface area (Å²) in [6.07, 6.45) is 1.71. The average Bonchev–Trinajstić information content (AvgIpc) is 2.78. The van der Waals surface area contributed by atoms with Crippen molar-refractivity contribution in [3.8, 4) is 11.5 Å². The van der Waals surface area contributed by atoms with Crippen molar-refractivity contribution < 1.29 is 14.3 Å². The lowest BCUT2D eigenvalue weighted by atomic mass is 10.1. The van der Waals surface area contributed by atoms with E-state index in [0.29, 0.717) is 28.7 Å². The van der Waals surface area contributed by atoms with Crippen LogP contribution < -0.4 is 9.47 Å². The Balaban J connectivity index is 1.87. The molecule has 2 aromatic carbocycles. The number of allylic oxidation sites excluding steroid dienone is 1. The fourth-order valence-electron chi connectivity index (χ4n) is 2.14. The molecule has 1 aliphatic heterocycles. The van der Waals surface area contributed by atoms with Crippen molar-refractivity contribution >= 4 is 23.5 Å². The fourth-order valence-corrected chi connectivity index (χ4v) is 2.31. The maximum atomic E-state index is 12.2. The molecule has 106 valence electrons. The van der Waals surface area contributed by atoms with E-state index in [1.54, 1.807) is 24.3 Å². The van der Waals surface area contributed by atoms with Gasteiger partial charge in [-0.15, -0.1) is 0 Å². The highest BCUT2D eigenvalue weighted by atomic mass is 35.5. The predicted octanol–water partition coefficient (Wildman–Crippen LogP) is 4.35. The number of carbonyl (C=O) groups is 1. The number of ether oxygens (including phenoxy) is 2. The minimum absolute atomic E-state index is 0.151. The Morgan fingerprint density at radius 3 is 2.67 bits per heavy atom. The Kier molecular flexibility index (Phi) is 3.67. The molecule has 0 amide bonds. The molecule has 1 aliphatic rings. The summed E-state index contributed by atoms with van der Waals surface area (Å²) in [6.45, 7) is 2.56. The number of hydrogen-bond donors (Lipinski definition) is 0. The van der Waals surface area contributed by atoms with E-state index >= 15 is 0 Å². The maximum absolute atomic E-state index is 12.2. The van der Waals surface area contributed by atoms with Crippen LogP contribution in [0.1, 0.15) is 22.8 Å². The van der Waals surface area contributed by atoms with Gasteiger partial charge < -0.3 is 9.47 Å². The summed E-state index contributed by atoms with van der Waals surface area (Å²) in [5.41, 5.74) is 1.38. The van der Waals surface area contributed by atoms with Crippen LogP contribution in [0, 0.1) is 0 Å². The van der Waals surface area contributed by atoms with Gasteiger partial charge in [-0.05, 0) is 48.9 Å². The van der Waals surface area contributed by atoms with E-state index in [2.05, 4.69) is 0 Å². The molecular weight excluding hydrogens is 288 g/mol. The molecule has 0 saturated carbocycles. The van der Waals surface area contributed by atoms with E-state index in [-0.39, 0.29) is 5.78 Å². The Morgan fingerprint density at radius 1 is 1.19 bits per heavy atom. The molecule has 0 aliphatic carbocycles. The summed E-state index contributed by atoms with van der Waals surface area (Å²) in [7, 11) is 0. The van der Waals surface area contributed by atoms with Crippen LogP contribution in [0.25, 0.3) is 6.08 Å². The lowest BCUT2D eigenvalue weighted by molar-refractivity contribution is 0.101. The molecule has 0 radical (unpaired) electrons. The molecule has 2 aromatic rings. The number of hydrogen-bond acceptors (Lipinski definition) is 3. The van der Waals surface area contributed by atoms with Crippen LogP contribution in [-0.2, 0) is 0 Å². The van der Waals surface area contributed by atoms with Gasteiger partial charge in [-0.1, -0.05) is 23.7 Å². The summed E-state index contributed by atoms with van der Waals surface area (Å²) in [5, 5.41) is 0.521. The van der Waals surface area contributed by atoms with Gasteiger partial charge in [-0.2, -0.15) is 0 Å². The third-order valence-electron chi connectivity index (χ3n) is 3.12. The summed E-state index contributed by atoms with van der Waals surface area (Å²) >= 11 is 5.90. The van der Waals surface area contributed by atoms with Crippen molar-refractivity contribution in [1.29, 1.82) is 0 Å². The third kappa shape index (κ3) is 2.78. The van der Waals surface area contributed by atoms with E-state index < -0.39 is 0 Å². The molecule has 0 aromatic heterocycles. The van der Waals surface area contributed by atoms with Crippen molar-refractivity contribution in [3.63, 3.8) is 0 Å². The summed E-state index contributed by atoms with van der Waals surface area (Å²) in [4.78, 5) is 12.2. The fraction of sp³-hybridized carbons (Fsp3) is 0.118. The standard InChI is InChI=1S/C17H13ClO3/c1-2-20-13-6-3-11(4-7-13)9-16-17(19)14-10-12(18)5-8-15(14)21-16/h3-10H,2H2,1H3/b16-9-. The summed E-state index contributed by atoms with van der Waals surface area (Å²) < 4.78 is 11.0. The zero-order chi connectivity index (χ0) is 14.8. The topological polar surface area (TPSA) is 35.5 Å². The zero-order valence-electron chi connectivity index (χ0n) is 11.4. The SMILES string of the molecule is CCOc1ccc(/C=C2\Oc3ccc(Cl)cc3C2=O)cc1. The number of benzene rings is 2. The largest absolute Gasteiger partial charge is 0.494 e. The minimum Gasteiger partial charge on any atom is -0.494 e. The normalized spacial score (nSPS) is 15.0. The van der Waals surface area contributed by atoms with Gasteiger partial charge in [0.2, 0.25) is 5.78 Å². The van der Waals surface area contributed by atoms with E-state index in [0.717, 1.165) is 11.3 Å². The number of carbonyl (C=O) groups excluding carboxylic acids is 1. The number of Topliss-reactive ketones (excluding diaryl/α,β-unsaturated/α-hetero) is 1. The van der Waals surface area contributed by atoms with Crippen molar-refractivity contribution in [2.75, 3.05) is 6.61 Å². The molecule has 1 heterocycles. The number of rotatable bonds is 3. The molecular formula is C17H13ClO3. The van der Waals surface area contributed by atoms with Gasteiger partial charge in [0, 0.05) is 5.02 Å². The molecule has 0 fully saturated rings. The Hall–Kier alpha value is -2.26. The molecule has 0 unspecified atom stereocenters. The minimum atomic E-state index is -0.151. The van der Waals surface area contributed by atoms with Gasteiger partial charge in [0.25, 0.3) is 0 Å². The number of ketones is 1. The monoisotopic (exact) mass is 300 g/mol. The smallest absolute Gasteiger partial charge is 0.232 e. The number of fused-ring (bicyclic) bond motifs is 1. The van der Waals surface area contributed by atoms with Crippen LogP contribution >= 0.6 is 11.6 Å². The van der Waals surface area contributed by atoms with E-state index in [1.807, 2.05) is 31.2 Å². The summed E-state index contributed by atoms with van der Waals surface area (Å²) in [5.74, 6) is 1.49. The van der Waals surface area contributed by atoms with Crippen LogP contribution in [-0.4, -0.2) is 12.4 Å². The first-order valence-corrected chi connectivity index (χ1v) is 7.02. The Morgan fingerprint density at radius 2 is 1.95 bits per heavy atom. The Labute approximate surface area is 127 Å². The first-order valence-electron chi connectivity index (χ1n) is 6.64. The van der Waals surface area contributed by atoms with Crippen molar-refractivity contribution in [1.82, 2.24) is 0 Å². The second-order valence-electron chi connectivity index (χ2n) is 4.58. The molecule has 21 heavy (non-hydrogen) atoms. The Bertz CT molecular complexity index is 717. The van der Waals surface area contributed by atoms with Crippen LogP contribution in [0.15, 0.2) is 48.2 Å². The van der Waals surface area contributed by atoms with Gasteiger partial charge in [0.05, 0.1) is 12.2 Å². The molecule has 0 bridgehead atoms. The molecule has 3 nitrogen and oxygen atoms in total. The van der Waals surface area contributed by atoms with Crippen molar-refractivity contribution in [2.24, 2.45) is 0 Å². The van der Waals surface area contributed by atoms with Crippen molar-refractivity contribution in [2.45, 2.75) is 6.92 Å². The van der Waals surface area contributed by atoms with E-state index in [4.69, 9.17) is 21.1 Å². The molecule has 4 heteroatoms. The molecule has 0 saturated heterocycles. The number of halogens is 1. The van der Waals surface area contributed by atoms with Gasteiger partial charge in [-0.25, -0.2) is 0 Å². The molecule has 3 rings (SSSR count). The van der Waals surface area contributed by atoms with Crippen LogP contribution in [0.2, 0.25) is 5.02 Å². The second-order valence-corrected chi connectivity index (χ2v) is 5.02. The van der Waals surface area contributed by atoms with Crippen LogP contribution in [0.5, 0.6) is 11.5 Å². The first-order chi connectivity index (χ1) is 10.2. The first kappa shape index (κ1) is 13.7. The van der Waals surface area contributed by atoms with E-state index in [9.17, 15) is 4.79 Å². The van der Waals surface area contributed by atoms with Crippen molar-refractivity contribution in [3.05, 3.63) is 64.4 Å². The second kappa shape index (κ2) is 5.62. The predicted molar refractivity (Wildman–Crippen MR) is 82.0 cm³/mol. The zero-order valence-corrected chi connectivity index (χ0v) is 12.2. The third-order valence-corrected chi connectivity index (χ3v) is 3.35. The van der Waals surface area contributed by atoms with Gasteiger partial charge in [-0.3, -0.25) is 4.79 Å².